The fraction of sp³-hybridized carbons (Fsp3) is 0.0938. The molecule has 8 heteroatoms. The van der Waals surface area contributed by atoms with Gasteiger partial charge in [0.15, 0.2) is 0 Å². The Labute approximate surface area is 242 Å². The average Bonchev–Trinajstić information content (AvgIpc) is 2.96. The van der Waals surface area contributed by atoms with Crippen LogP contribution in [0.15, 0.2) is 114 Å². The van der Waals surface area contributed by atoms with E-state index in [0.717, 1.165) is 16.0 Å². The van der Waals surface area contributed by atoms with E-state index >= 15 is 0 Å². The van der Waals surface area contributed by atoms with E-state index in [-0.39, 0.29) is 22.8 Å². The molecule has 4 rings (SSSR count). The zero-order valence-electron chi connectivity index (χ0n) is 22.0. The molecule has 202 valence electrons. The minimum atomic E-state index is -0.457. The van der Waals surface area contributed by atoms with Crippen LogP contribution in [0.4, 0.5) is 11.4 Å². The number of anilines is 2. The molecule has 40 heavy (non-hydrogen) atoms. The van der Waals surface area contributed by atoms with Gasteiger partial charge in [0.1, 0.15) is 5.70 Å². The lowest BCUT2D eigenvalue weighted by atomic mass is 10.1. The monoisotopic (exact) mass is 569 g/mol. The molecule has 3 amide bonds. The quantitative estimate of drug-likeness (QED) is 0.147. The molecule has 3 N–H and O–H groups in total. The summed E-state index contributed by atoms with van der Waals surface area (Å²) in [6.07, 6.45) is 1.64. The SMILES string of the molecule is Cc1ccc(/C=C(\NC(=O)c2ccccc2)C(=O)Nc2ccc(SC(C)C(=O)Nc3ccc(Cl)cc3)cc2)cc1. The van der Waals surface area contributed by atoms with Crippen molar-refractivity contribution in [2.75, 3.05) is 10.6 Å². The van der Waals surface area contributed by atoms with Crippen molar-refractivity contribution in [2.24, 2.45) is 0 Å². The summed E-state index contributed by atoms with van der Waals surface area (Å²) in [6, 6.07) is 30.5. The number of carbonyl (C=O) groups is 3. The van der Waals surface area contributed by atoms with Gasteiger partial charge in [-0.25, -0.2) is 0 Å². The third-order valence-corrected chi connectivity index (χ3v) is 7.19. The highest BCUT2D eigenvalue weighted by molar-refractivity contribution is 8.00. The van der Waals surface area contributed by atoms with Crippen LogP contribution in [0.2, 0.25) is 5.02 Å². The van der Waals surface area contributed by atoms with Crippen LogP contribution in [-0.4, -0.2) is 23.0 Å². The van der Waals surface area contributed by atoms with Crippen LogP contribution >= 0.6 is 23.4 Å². The molecule has 0 aromatic heterocycles. The Morgan fingerprint density at radius 1 is 0.775 bits per heavy atom. The summed E-state index contributed by atoms with van der Waals surface area (Å²) in [4.78, 5) is 39.5. The van der Waals surface area contributed by atoms with E-state index in [1.54, 1.807) is 66.7 Å². The standard InChI is InChI=1S/C32H28ClN3O3S/c1-21-8-10-23(11-9-21)20-29(36-31(38)24-6-4-3-5-7-24)32(39)35-27-16-18-28(19-17-27)40-22(2)30(37)34-26-14-12-25(33)13-15-26/h3-20,22H,1-2H3,(H,34,37)(H,35,39)(H,36,38)/b29-20-. The van der Waals surface area contributed by atoms with E-state index in [1.165, 1.54) is 11.8 Å². The number of hydrogen-bond acceptors (Lipinski definition) is 4. The van der Waals surface area contributed by atoms with Crippen LogP contribution in [0.25, 0.3) is 6.08 Å². The first-order chi connectivity index (χ1) is 19.3. The number of benzene rings is 4. The van der Waals surface area contributed by atoms with Gasteiger partial charge in [-0.2, -0.15) is 0 Å². The van der Waals surface area contributed by atoms with Crippen LogP contribution < -0.4 is 16.0 Å². The van der Waals surface area contributed by atoms with E-state index in [2.05, 4.69) is 16.0 Å². The molecule has 0 aliphatic heterocycles. The topological polar surface area (TPSA) is 87.3 Å². The molecule has 0 aliphatic rings. The Morgan fingerprint density at radius 2 is 1.38 bits per heavy atom. The van der Waals surface area contributed by atoms with E-state index < -0.39 is 5.91 Å². The largest absolute Gasteiger partial charge is 0.325 e. The summed E-state index contributed by atoms with van der Waals surface area (Å²) >= 11 is 7.30. The number of nitrogens with one attached hydrogen (secondary N) is 3. The maximum absolute atomic E-state index is 13.2. The number of thioether (sulfide) groups is 1. The van der Waals surface area contributed by atoms with Gasteiger partial charge in [-0.15, -0.1) is 11.8 Å². The van der Waals surface area contributed by atoms with Gasteiger partial charge in [0, 0.05) is 26.9 Å². The van der Waals surface area contributed by atoms with Crippen LogP contribution in [0.3, 0.4) is 0 Å². The highest BCUT2D eigenvalue weighted by Crippen LogP contribution is 2.26. The maximum Gasteiger partial charge on any atom is 0.272 e. The molecule has 0 saturated carbocycles. The third-order valence-electron chi connectivity index (χ3n) is 5.82. The van der Waals surface area contributed by atoms with Gasteiger partial charge in [-0.3, -0.25) is 14.4 Å². The average molecular weight is 570 g/mol. The molecule has 0 heterocycles. The number of carbonyl (C=O) groups excluding carboxylic acids is 3. The molecule has 0 spiro atoms. The number of rotatable bonds is 9. The predicted molar refractivity (Wildman–Crippen MR) is 164 cm³/mol. The second-order valence-corrected chi connectivity index (χ2v) is 10.9. The van der Waals surface area contributed by atoms with Crippen molar-refractivity contribution >= 4 is 58.5 Å². The van der Waals surface area contributed by atoms with E-state index in [9.17, 15) is 14.4 Å². The molecule has 0 fully saturated rings. The van der Waals surface area contributed by atoms with Crippen LogP contribution in [0, 0.1) is 6.92 Å². The Bertz CT molecular complexity index is 1500. The second-order valence-electron chi connectivity index (χ2n) is 9.02. The first-order valence-corrected chi connectivity index (χ1v) is 13.8. The number of aryl methyl sites for hydroxylation is 1. The normalized spacial score (nSPS) is 11.8. The van der Waals surface area contributed by atoms with Gasteiger partial charge in [-0.05, 0) is 86.2 Å². The summed E-state index contributed by atoms with van der Waals surface area (Å²) in [5.74, 6) is -0.975. The summed E-state index contributed by atoms with van der Waals surface area (Å²) in [7, 11) is 0. The second kappa shape index (κ2) is 13.6. The molecule has 0 radical (unpaired) electrons. The summed E-state index contributed by atoms with van der Waals surface area (Å²) in [5.41, 5.74) is 3.66. The molecule has 4 aromatic carbocycles. The van der Waals surface area contributed by atoms with Gasteiger partial charge >= 0.3 is 0 Å². The number of halogens is 1. The Hall–Kier alpha value is -4.33. The highest BCUT2D eigenvalue weighted by atomic mass is 35.5. The molecular formula is C32H28ClN3O3S. The van der Waals surface area contributed by atoms with Crippen molar-refractivity contribution in [3.05, 3.63) is 131 Å². The van der Waals surface area contributed by atoms with Gasteiger partial charge in [-0.1, -0.05) is 59.6 Å². The van der Waals surface area contributed by atoms with Gasteiger partial charge in [0.25, 0.3) is 11.8 Å². The van der Waals surface area contributed by atoms with Gasteiger partial charge in [0.05, 0.1) is 5.25 Å². The minimum absolute atomic E-state index is 0.114. The fourth-order valence-electron chi connectivity index (χ4n) is 3.62. The summed E-state index contributed by atoms with van der Waals surface area (Å²) < 4.78 is 0. The van der Waals surface area contributed by atoms with Crippen molar-refractivity contribution < 1.29 is 14.4 Å². The molecular weight excluding hydrogens is 542 g/mol. The predicted octanol–water partition coefficient (Wildman–Crippen LogP) is 7.18. The van der Waals surface area contributed by atoms with Crippen molar-refractivity contribution in [1.29, 1.82) is 0 Å². The lowest BCUT2D eigenvalue weighted by Gasteiger charge is -2.13. The fourth-order valence-corrected chi connectivity index (χ4v) is 4.62. The van der Waals surface area contributed by atoms with Crippen molar-refractivity contribution in [3.8, 4) is 0 Å². The first-order valence-electron chi connectivity index (χ1n) is 12.6. The maximum atomic E-state index is 13.2. The molecule has 0 aliphatic carbocycles. The van der Waals surface area contributed by atoms with Crippen molar-refractivity contribution in [2.45, 2.75) is 24.0 Å². The van der Waals surface area contributed by atoms with Crippen LogP contribution in [0.1, 0.15) is 28.4 Å². The van der Waals surface area contributed by atoms with E-state index in [1.807, 2.05) is 56.3 Å². The number of hydrogen-bond donors (Lipinski definition) is 3. The van der Waals surface area contributed by atoms with Gasteiger partial charge in [0.2, 0.25) is 5.91 Å². The Balaban J connectivity index is 1.42. The molecule has 4 aromatic rings. The molecule has 6 nitrogen and oxygen atoms in total. The van der Waals surface area contributed by atoms with E-state index in [4.69, 9.17) is 11.6 Å². The summed E-state index contributed by atoms with van der Waals surface area (Å²) in [6.45, 7) is 3.80. The zero-order valence-corrected chi connectivity index (χ0v) is 23.6. The molecule has 0 bridgehead atoms. The lowest BCUT2D eigenvalue weighted by molar-refractivity contribution is -0.115. The zero-order chi connectivity index (χ0) is 28.5. The lowest BCUT2D eigenvalue weighted by Crippen LogP contribution is -2.30. The molecule has 1 atom stereocenters. The first kappa shape index (κ1) is 28.7. The van der Waals surface area contributed by atoms with Crippen LogP contribution in [-0.2, 0) is 9.59 Å². The Kier molecular flexibility index (Phi) is 9.78. The number of amides is 3. The minimum Gasteiger partial charge on any atom is -0.325 e. The molecule has 1 unspecified atom stereocenters. The van der Waals surface area contributed by atoms with Gasteiger partial charge < -0.3 is 16.0 Å². The Morgan fingerprint density at radius 3 is 2.02 bits per heavy atom. The highest BCUT2D eigenvalue weighted by Gasteiger charge is 2.17. The molecule has 0 saturated heterocycles. The van der Waals surface area contributed by atoms with Crippen molar-refractivity contribution in [1.82, 2.24) is 5.32 Å². The van der Waals surface area contributed by atoms with Crippen LogP contribution in [0.5, 0.6) is 0 Å². The van der Waals surface area contributed by atoms with E-state index in [0.29, 0.717) is 22.0 Å². The summed E-state index contributed by atoms with van der Waals surface area (Å²) in [5, 5.41) is 8.71. The van der Waals surface area contributed by atoms with Crippen molar-refractivity contribution in [3.63, 3.8) is 0 Å². The third kappa shape index (κ3) is 8.33. The smallest absolute Gasteiger partial charge is 0.272 e.